The average molecular weight is 441 g/mol. The van der Waals surface area contributed by atoms with Crippen LogP contribution in [-0.4, -0.2) is 23.3 Å². The molecule has 8 heteroatoms. The first-order chi connectivity index (χ1) is 12.9. The Kier molecular flexibility index (Phi) is 5.74. The van der Waals surface area contributed by atoms with Crippen LogP contribution in [0.5, 0.6) is 11.5 Å². The number of alkyl halides is 4. The first-order valence-electron chi connectivity index (χ1n) is 8.00. The molecule has 0 aliphatic rings. The number of benzene rings is 2. The van der Waals surface area contributed by atoms with E-state index in [1.165, 1.54) is 12.1 Å². The summed E-state index contributed by atoms with van der Waals surface area (Å²) in [5.74, 6) is 0.520. The van der Waals surface area contributed by atoms with Gasteiger partial charge >= 0.3 is 6.36 Å². The van der Waals surface area contributed by atoms with Crippen molar-refractivity contribution in [2.75, 3.05) is 7.11 Å². The summed E-state index contributed by atoms with van der Waals surface area (Å²) in [4.78, 5) is 0. The van der Waals surface area contributed by atoms with E-state index < -0.39 is 6.36 Å². The molecule has 0 spiro atoms. The van der Waals surface area contributed by atoms with Gasteiger partial charge in [0.05, 0.1) is 19.3 Å². The lowest BCUT2D eigenvalue weighted by Crippen LogP contribution is -2.16. The third-order valence-corrected chi connectivity index (χ3v) is 4.45. The van der Waals surface area contributed by atoms with Gasteiger partial charge in [0.15, 0.2) is 0 Å². The minimum Gasteiger partial charge on any atom is -0.497 e. The molecule has 4 nitrogen and oxygen atoms in total. The van der Waals surface area contributed by atoms with Crippen LogP contribution in [-0.2, 0) is 11.9 Å². The first-order valence-corrected chi connectivity index (χ1v) is 9.12. The molecule has 1 heterocycles. The SMILES string of the molecule is COc1ccc(Cn2nc(-c3ccc(OC(F)(F)F)cc3)cc2CBr)cc1. The zero-order valence-electron chi connectivity index (χ0n) is 14.3. The van der Waals surface area contributed by atoms with E-state index in [2.05, 4.69) is 25.8 Å². The number of aromatic nitrogens is 2. The van der Waals surface area contributed by atoms with Crippen molar-refractivity contribution in [2.45, 2.75) is 18.2 Å². The van der Waals surface area contributed by atoms with Crippen LogP contribution in [0.4, 0.5) is 13.2 Å². The number of rotatable bonds is 6. The van der Waals surface area contributed by atoms with Crippen molar-refractivity contribution >= 4 is 15.9 Å². The van der Waals surface area contributed by atoms with Crippen molar-refractivity contribution in [2.24, 2.45) is 0 Å². The second-order valence-corrected chi connectivity index (χ2v) is 6.29. The Hall–Kier alpha value is -2.48. The maximum absolute atomic E-state index is 12.3. The monoisotopic (exact) mass is 440 g/mol. The second-order valence-electron chi connectivity index (χ2n) is 5.73. The molecule has 3 aromatic rings. The Labute approximate surface area is 162 Å². The van der Waals surface area contributed by atoms with E-state index in [0.29, 0.717) is 23.1 Å². The summed E-state index contributed by atoms with van der Waals surface area (Å²) in [6.45, 7) is 0.570. The van der Waals surface area contributed by atoms with Crippen molar-refractivity contribution in [3.63, 3.8) is 0 Å². The van der Waals surface area contributed by atoms with Crippen LogP contribution >= 0.6 is 15.9 Å². The number of hydrogen-bond acceptors (Lipinski definition) is 3. The predicted molar refractivity (Wildman–Crippen MR) is 99.1 cm³/mol. The third-order valence-electron chi connectivity index (χ3n) is 3.88. The summed E-state index contributed by atoms with van der Waals surface area (Å²) in [5.41, 5.74) is 3.40. The van der Waals surface area contributed by atoms with Gasteiger partial charge in [-0.05, 0) is 48.0 Å². The average Bonchev–Trinajstić information content (AvgIpc) is 3.04. The molecule has 0 amide bonds. The molecular weight excluding hydrogens is 425 g/mol. The molecule has 0 N–H and O–H groups in total. The number of ether oxygens (including phenoxy) is 2. The summed E-state index contributed by atoms with van der Waals surface area (Å²) in [5, 5.41) is 5.19. The topological polar surface area (TPSA) is 36.3 Å². The largest absolute Gasteiger partial charge is 0.573 e. The van der Waals surface area contributed by atoms with Crippen molar-refractivity contribution in [3.8, 4) is 22.8 Å². The Bertz CT molecular complexity index is 891. The van der Waals surface area contributed by atoms with Crippen LogP contribution in [0.15, 0.2) is 54.6 Å². The molecule has 0 radical (unpaired) electrons. The molecule has 1 aromatic heterocycles. The molecule has 0 fully saturated rings. The summed E-state index contributed by atoms with van der Waals surface area (Å²) in [7, 11) is 1.61. The highest BCUT2D eigenvalue weighted by Gasteiger charge is 2.31. The summed E-state index contributed by atoms with van der Waals surface area (Å²) in [6, 6.07) is 15.2. The quantitative estimate of drug-likeness (QED) is 0.481. The van der Waals surface area contributed by atoms with Gasteiger partial charge in [-0.25, -0.2) is 0 Å². The van der Waals surface area contributed by atoms with Crippen LogP contribution in [0, 0.1) is 0 Å². The standard InChI is InChI=1S/C19H16BrF3N2O2/c1-26-16-6-2-13(3-7-16)12-25-15(11-20)10-18(24-25)14-4-8-17(9-5-14)27-19(21,22)23/h2-10H,11-12H2,1H3. The number of nitrogens with zero attached hydrogens (tertiary/aromatic N) is 2. The zero-order chi connectivity index (χ0) is 19.4. The second kappa shape index (κ2) is 8.04. The van der Waals surface area contributed by atoms with Crippen LogP contribution in [0.2, 0.25) is 0 Å². The van der Waals surface area contributed by atoms with E-state index in [4.69, 9.17) is 4.74 Å². The van der Waals surface area contributed by atoms with Gasteiger partial charge in [0.25, 0.3) is 0 Å². The highest BCUT2D eigenvalue weighted by atomic mass is 79.9. The fourth-order valence-corrected chi connectivity index (χ4v) is 3.02. The van der Waals surface area contributed by atoms with E-state index in [-0.39, 0.29) is 5.75 Å². The van der Waals surface area contributed by atoms with Gasteiger partial charge in [0.1, 0.15) is 11.5 Å². The molecule has 2 aromatic carbocycles. The molecule has 0 bridgehead atoms. The number of hydrogen-bond donors (Lipinski definition) is 0. The third kappa shape index (κ3) is 5.03. The minimum atomic E-state index is -4.70. The molecule has 0 saturated carbocycles. The van der Waals surface area contributed by atoms with Gasteiger partial charge in [-0.15, -0.1) is 13.2 Å². The Morgan fingerprint density at radius 3 is 2.19 bits per heavy atom. The van der Waals surface area contributed by atoms with Crippen LogP contribution in [0.25, 0.3) is 11.3 Å². The van der Waals surface area contributed by atoms with E-state index in [0.717, 1.165) is 17.0 Å². The Morgan fingerprint density at radius 2 is 1.63 bits per heavy atom. The fraction of sp³-hybridized carbons (Fsp3) is 0.211. The van der Waals surface area contributed by atoms with Gasteiger partial charge in [-0.2, -0.15) is 5.10 Å². The lowest BCUT2D eigenvalue weighted by atomic mass is 10.1. The molecule has 27 heavy (non-hydrogen) atoms. The van der Waals surface area contributed by atoms with Crippen LogP contribution in [0.3, 0.4) is 0 Å². The molecule has 0 aliphatic heterocycles. The molecule has 142 valence electrons. The lowest BCUT2D eigenvalue weighted by Gasteiger charge is -2.08. The van der Waals surface area contributed by atoms with Gasteiger partial charge in [-0.1, -0.05) is 28.1 Å². The van der Waals surface area contributed by atoms with Crippen LogP contribution in [0.1, 0.15) is 11.3 Å². The molecule has 0 unspecified atom stereocenters. The van der Waals surface area contributed by atoms with Crippen molar-refractivity contribution in [3.05, 3.63) is 65.9 Å². The zero-order valence-corrected chi connectivity index (χ0v) is 15.9. The summed E-state index contributed by atoms with van der Waals surface area (Å²) in [6.07, 6.45) is -4.70. The summed E-state index contributed by atoms with van der Waals surface area (Å²) < 4.78 is 47.7. The highest BCUT2D eigenvalue weighted by Crippen LogP contribution is 2.27. The Balaban J connectivity index is 1.81. The van der Waals surface area contributed by atoms with Crippen molar-refractivity contribution < 1.29 is 22.6 Å². The van der Waals surface area contributed by atoms with Gasteiger partial charge in [-0.3, -0.25) is 4.68 Å². The maximum Gasteiger partial charge on any atom is 0.573 e. The minimum absolute atomic E-state index is 0.260. The molecular formula is C19H16BrF3N2O2. The van der Waals surface area contributed by atoms with Crippen LogP contribution < -0.4 is 9.47 Å². The van der Waals surface area contributed by atoms with Gasteiger partial charge < -0.3 is 9.47 Å². The van der Waals surface area contributed by atoms with Crippen molar-refractivity contribution in [1.29, 1.82) is 0 Å². The predicted octanol–water partition coefficient (Wildman–Crippen LogP) is 5.40. The van der Waals surface area contributed by atoms with E-state index in [1.807, 2.05) is 35.0 Å². The molecule has 0 atom stereocenters. The first kappa shape index (κ1) is 19.3. The molecule has 0 saturated heterocycles. The number of halogens is 4. The Morgan fingerprint density at radius 1 is 1.00 bits per heavy atom. The fourth-order valence-electron chi connectivity index (χ4n) is 2.57. The summed E-state index contributed by atoms with van der Waals surface area (Å²) >= 11 is 3.45. The van der Waals surface area contributed by atoms with Crippen molar-refractivity contribution in [1.82, 2.24) is 9.78 Å². The normalized spacial score (nSPS) is 11.4. The molecule has 0 aliphatic carbocycles. The lowest BCUT2D eigenvalue weighted by molar-refractivity contribution is -0.274. The highest BCUT2D eigenvalue weighted by molar-refractivity contribution is 9.08. The molecule has 3 rings (SSSR count). The smallest absolute Gasteiger partial charge is 0.497 e. The van der Waals surface area contributed by atoms with E-state index in [9.17, 15) is 13.2 Å². The van der Waals surface area contributed by atoms with E-state index in [1.54, 1.807) is 19.2 Å². The maximum atomic E-state index is 12.3. The van der Waals surface area contributed by atoms with E-state index >= 15 is 0 Å². The van der Waals surface area contributed by atoms with Gasteiger partial charge in [0.2, 0.25) is 0 Å². The number of methoxy groups -OCH3 is 1. The van der Waals surface area contributed by atoms with Gasteiger partial charge in [0, 0.05) is 16.6 Å².